The van der Waals surface area contributed by atoms with Gasteiger partial charge in [0, 0.05) is 16.7 Å². The van der Waals surface area contributed by atoms with Gasteiger partial charge < -0.3 is 14.6 Å². The van der Waals surface area contributed by atoms with Crippen molar-refractivity contribution in [1.82, 2.24) is 0 Å². The van der Waals surface area contributed by atoms with Crippen molar-refractivity contribution in [3.8, 4) is 0 Å². The summed E-state index contributed by atoms with van der Waals surface area (Å²) < 4.78 is 10.7. The molecule has 140 valence electrons. The van der Waals surface area contributed by atoms with Gasteiger partial charge in [-0.3, -0.25) is 4.79 Å². The predicted octanol–water partition coefficient (Wildman–Crippen LogP) is 2.19. The molecule has 0 aromatic heterocycles. The average Bonchev–Trinajstić information content (AvgIpc) is 2.88. The van der Waals surface area contributed by atoms with Crippen LogP contribution in [0.2, 0.25) is 0 Å². The molecular formula is C20H24O6. The van der Waals surface area contributed by atoms with Gasteiger partial charge in [0.1, 0.15) is 18.5 Å². The van der Waals surface area contributed by atoms with Crippen LogP contribution in [-0.2, 0) is 23.9 Å². The minimum Gasteiger partial charge on any atom is -0.454 e. The van der Waals surface area contributed by atoms with Gasteiger partial charge in [0.05, 0.1) is 5.92 Å². The molecule has 26 heavy (non-hydrogen) atoms. The molecule has 0 saturated carbocycles. The fraction of sp³-hybridized carbons (Fsp3) is 0.450. The smallest absolute Gasteiger partial charge is 0.334 e. The molecule has 6 heteroatoms. The van der Waals surface area contributed by atoms with Crippen LogP contribution in [0.3, 0.4) is 0 Å². The van der Waals surface area contributed by atoms with Gasteiger partial charge in [-0.2, -0.15) is 0 Å². The molecule has 6 nitrogen and oxygen atoms in total. The number of aliphatic hydroxyl groups excluding tert-OH is 1. The molecular weight excluding hydrogens is 336 g/mol. The maximum Gasteiger partial charge on any atom is 0.334 e. The van der Waals surface area contributed by atoms with Crippen molar-refractivity contribution in [2.24, 2.45) is 5.92 Å². The lowest BCUT2D eigenvalue weighted by Crippen LogP contribution is -2.42. The monoisotopic (exact) mass is 360 g/mol. The largest absolute Gasteiger partial charge is 0.454 e. The summed E-state index contributed by atoms with van der Waals surface area (Å²) in [5.74, 6) is -2.14. The van der Waals surface area contributed by atoms with Gasteiger partial charge in [-0.1, -0.05) is 31.7 Å². The van der Waals surface area contributed by atoms with Crippen LogP contribution in [-0.4, -0.2) is 41.6 Å². The topological polar surface area (TPSA) is 89.9 Å². The Bertz CT molecular complexity index is 699. The number of allylic oxidation sites excluding steroid dienone is 2. The first kappa shape index (κ1) is 19.8. The van der Waals surface area contributed by atoms with E-state index in [0.717, 1.165) is 12.0 Å². The predicted molar refractivity (Wildman–Crippen MR) is 95.0 cm³/mol. The van der Waals surface area contributed by atoms with E-state index in [1.54, 1.807) is 6.08 Å². The second kappa shape index (κ2) is 8.27. The summed E-state index contributed by atoms with van der Waals surface area (Å²) in [7, 11) is 0. The van der Waals surface area contributed by atoms with Gasteiger partial charge in [0.2, 0.25) is 0 Å². The Kier molecular flexibility index (Phi) is 6.32. The van der Waals surface area contributed by atoms with Crippen molar-refractivity contribution in [1.29, 1.82) is 0 Å². The van der Waals surface area contributed by atoms with Crippen LogP contribution in [0, 0.1) is 5.92 Å². The van der Waals surface area contributed by atoms with Crippen molar-refractivity contribution < 1.29 is 29.0 Å². The third-order valence-electron chi connectivity index (χ3n) is 4.69. The highest BCUT2D eigenvalue weighted by Gasteiger charge is 2.46. The lowest BCUT2D eigenvalue weighted by Gasteiger charge is -2.30. The highest BCUT2D eigenvalue weighted by Crippen LogP contribution is 2.36. The van der Waals surface area contributed by atoms with Crippen LogP contribution in [0.15, 0.2) is 47.6 Å². The fourth-order valence-corrected chi connectivity index (χ4v) is 3.15. The normalized spacial score (nSPS) is 29.0. The maximum absolute atomic E-state index is 12.0. The van der Waals surface area contributed by atoms with Crippen molar-refractivity contribution in [2.75, 3.05) is 0 Å². The molecule has 0 aromatic carbocycles. The number of aliphatic hydroxyl groups is 1. The molecule has 1 fully saturated rings. The van der Waals surface area contributed by atoms with Gasteiger partial charge in [-0.15, -0.1) is 0 Å². The number of aldehydes is 1. The number of carbonyl (C=O) groups is 3. The Labute approximate surface area is 152 Å². The Balaban J connectivity index is 2.49. The van der Waals surface area contributed by atoms with Gasteiger partial charge in [0.25, 0.3) is 0 Å². The van der Waals surface area contributed by atoms with Crippen molar-refractivity contribution in [2.45, 2.75) is 51.4 Å². The fourth-order valence-electron chi connectivity index (χ4n) is 3.15. The van der Waals surface area contributed by atoms with Crippen LogP contribution in [0.4, 0.5) is 0 Å². The van der Waals surface area contributed by atoms with Gasteiger partial charge in [0.15, 0.2) is 6.10 Å². The van der Waals surface area contributed by atoms with Crippen LogP contribution in [0.5, 0.6) is 0 Å². The summed E-state index contributed by atoms with van der Waals surface area (Å²) in [4.78, 5) is 35.6. The van der Waals surface area contributed by atoms with Crippen molar-refractivity contribution in [3.63, 3.8) is 0 Å². The van der Waals surface area contributed by atoms with E-state index in [2.05, 4.69) is 13.2 Å². The number of carbonyl (C=O) groups excluding carboxylic acids is 3. The van der Waals surface area contributed by atoms with E-state index in [1.807, 2.05) is 13.0 Å². The lowest BCUT2D eigenvalue weighted by atomic mass is 9.83. The number of hydrogen-bond donors (Lipinski definition) is 1. The van der Waals surface area contributed by atoms with Crippen LogP contribution in [0.1, 0.15) is 33.1 Å². The minimum absolute atomic E-state index is 0.0939. The van der Waals surface area contributed by atoms with E-state index in [9.17, 15) is 19.5 Å². The molecule has 0 amide bonds. The number of rotatable bonds is 4. The van der Waals surface area contributed by atoms with Gasteiger partial charge >= 0.3 is 11.9 Å². The van der Waals surface area contributed by atoms with E-state index < -0.39 is 36.2 Å². The van der Waals surface area contributed by atoms with Gasteiger partial charge in [-0.25, -0.2) is 9.59 Å². The molecule has 1 saturated heterocycles. The van der Waals surface area contributed by atoms with Crippen LogP contribution >= 0.6 is 0 Å². The highest BCUT2D eigenvalue weighted by molar-refractivity contribution is 5.91. The zero-order valence-corrected chi connectivity index (χ0v) is 15.1. The molecule has 2 aliphatic rings. The standard InChI is InChI=1S/C20H24O6/c1-5-13-7-6-8-14(10-21)18(26-19(23)11(2)3)17(22)16-12(4)20(24)25-15(16)9-13/h8-10,15-18,22H,2,4-7H2,1,3H3. The number of hydrogen-bond acceptors (Lipinski definition) is 6. The number of fused-ring (bicyclic) bond motifs is 1. The first-order valence-corrected chi connectivity index (χ1v) is 8.59. The zero-order chi connectivity index (χ0) is 19.4. The summed E-state index contributed by atoms with van der Waals surface area (Å²) in [5.41, 5.74) is 1.43. The maximum atomic E-state index is 12.0. The molecule has 2 rings (SSSR count). The first-order valence-electron chi connectivity index (χ1n) is 8.59. The molecule has 0 bridgehead atoms. The quantitative estimate of drug-likeness (QED) is 0.358. The van der Waals surface area contributed by atoms with Crippen molar-refractivity contribution in [3.05, 3.63) is 47.6 Å². The molecule has 0 radical (unpaired) electrons. The summed E-state index contributed by atoms with van der Waals surface area (Å²) in [5, 5.41) is 10.9. The third kappa shape index (κ3) is 4.02. The van der Waals surface area contributed by atoms with Crippen molar-refractivity contribution >= 4 is 18.2 Å². The molecule has 1 aliphatic heterocycles. The van der Waals surface area contributed by atoms with Crippen LogP contribution < -0.4 is 0 Å². The minimum atomic E-state index is -1.36. The second-order valence-corrected chi connectivity index (χ2v) is 6.56. The third-order valence-corrected chi connectivity index (χ3v) is 4.69. The highest BCUT2D eigenvalue weighted by atomic mass is 16.6. The van der Waals surface area contributed by atoms with E-state index in [0.29, 0.717) is 19.1 Å². The zero-order valence-electron chi connectivity index (χ0n) is 15.1. The molecule has 4 atom stereocenters. The number of ether oxygens (including phenoxy) is 2. The van der Waals surface area contributed by atoms with Crippen LogP contribution in [0.25, 0.3) is 0 Å². The van der Waals surface area contributed by atoms with Gasteiger partial charge in [-0.05, 0) is 32.3 Å². The molecule has 0 spiro atoms. The Morgan fingerprint density at radius 2 is 2.19 bits per heavy atom. The summed E-state index contributed by atoms with van der Waals surface area (Å²) >= 11 is 0. The molecule has 1 N–H and O–H groups in total. The summed E-state index contributed by atoms with van der Waals surface area (Å²) in [6, 6.07) is 0. The van der Waals surface area contributed by atoms with E-state index in [1.165, 1.54) is 6.92 Å². The summed E-state index contributed by atoms with van der Waals surface area (Å²) in [6.45, 7) is 10.7. The Hall–Kier alpha value is -2.47. The first-order chi connectivity index (χ1) is 12.3. The SMILES string of the molecule is C=C(C)C(=O)OC1C(C=O)=CCCC(CC)=CC2OC(=O)C(=C)C2C1O. The molecule has 1 heterocycles. The Morgan fingerprint density at radius 1 is 1.50 bits per heavy atom. The average molecular weight is 360 g/mol. The second-order valence-electron chi connectivity index (χ2n) is 6.56. The lowest BCUT2D eigenvalue weighted by molar-refractivity contribution is -0.150. The molecule has 4 unspecified atom stereocenters. The Morgan fingerprint density at radius 3 is 2.77 bits per heavy atom. The summed E-state index contributed by atoms with van der Waals surface area (Å²) in [6.07, 6.45) is 2.69. The van der Waals surface area contributed by atoms with E-state index >= 15 is 0 Å². The molecule has 1 aliphatic carbocycles. The van der Waals surface area contributed by atoms with E-state index in [4.69, 9.17) is 9.47 Å². The molecule has 0 aromatic rings. The van der Waals surface area contributed by atoms with E-state index in [-0.39, 0.29) is 16.7 Å². The number of esters is 2.